The van der Waals surface area contributed by atoms with Crippen molar-refractivity contribution in [2.45, 2.75) is 44.1 Å². The van der Waals surface area contributed by atoms with E-state index >= 15 is 0 Å². The second kappa shape index (κ2) is 8.67. The van der Waals surface area contributed by atoms with Crippen molar-refractivity contribution < 1.29 is 17.9 Å². The van der Waals surface area contributed by atoms with Crippen molar-refractivity contribution in [1.82, 2.24) is 4.72 Å². The van der Waals surface area contributed by atoms with Gasteiger partial charge in [-0.3, -0.25) is 0 Å². The van der Waals surface area contributed by atoms with E-state index in [1.54, 1.807) is 12.1 Å². The highest BCUT2D eigenvalue weighted by molar-refractivity contribution is 7.90. The van der Waals surface area contributed by atoms with E-state index < -0.39 is 22.2 Å². The van der Waals surface area contributed by atoms with Gasteiger partial charge in [0.1, 0.15) is 6.10 Å². The lowest BCUT2D eigenvalue weighted by Crippen LogP contribution is -2.32. The molecule has 6 heteroatoms. The molecular weight excluding hydrogens is 338 g/mol. The largest absolute Gasteiger partial charge is 0.441 e. The van der Waals surface area contributed by atoms with Crippen molar-refractivity contribution in [3.63, 3.8) is 0 Å². The summed E-state index contributed by atoms with van der Waals surface area (Å²) in [6.45, 7) is 3.90. The van der Waals surface area contributed by atoms with Crippen LogP contribution >= 0.6 is 0 Å². The minimum Gasteiger partial charge on any atom is -0.441 e. The van der Waals surface area contributed by atoms with Gasteiger partial charge in [-0.05, 0) is 37.5 Å². The van der Waals surface area contributed by atoms with Gasteiger partial charge in [0.2, 0.25) is 0 Å². The lowest BCUT2D eigenvalue weighted by Gasteiger charge is -2.18. The second-order valence-electron chi connectivity index (χ2n) is 5.87. The molecule has 25 heavy (non-hydrogen) atoms. The quantitative estimate of drug-likeness (QED) is 0.796. The Balaban J connectivity index is 2.08. The minimum absolute atomic E-state index is 0.0277. The maximum absolute atomic E-state index is 12.3. The van der Waals surface area contributed by atoms with Crippen molar-refractivity contribution in [2.24, 2.45) is 0 Å². The number of unbranched alkanes of at least 4 members (excludes halogenated alkanes) is 1. The Morgan fingerprint density at radius 1 is 1.08 bits per heavy atom. The van der Waals surface area contributed by atoms with Crippen molar-refractivity contribution in [2.75, 3.05) is 0 Å². The summed E-state index contributed by atoms with van der Waals surface area (Å²) in [5.41, 5.74) is 1.78. The SMILES string of the molecule is CCCCC(OC(=O)NS(=O)(=O)c1ccc(C)cc1)c1ccccc1. The Hall–Kier alpha value is -2.34. The molecule has 0 aliphatic carbocycles. The molecule has 1 N–H and O–H groups in total. The molecule has 0 saturated heterocycles. The zero-order valence-electron chi connectivity index (χ0n) is 14.4. The van der Waals surface area contributed by atoms with Crippen LogP contribution in [0.2, 0.25) is 0 Å². The maximum Gasteiger partial charge on any atom is 0.421 e. The molecule has 0 aliphatic rings. The number of carbonyl (C=O) groups excluding carboxylic acids is 1. The summed E-state index contributed by atoms with van der Waals surface area (Å²) >= 11 is 0. The van der Waals surface area contributed by atoms with Gasteiger partial charge in [0, 0.05) is 0 Å². The average molecular weight is 361 g/mol. The van der Waals surface area contributed by atoms with Gasteiger partial charge in [0.25, 0.3) is 10.0 Å². The number of aryl methyl sites for hydroxylation is 1. The number of hydrogen-bond donors (Lipinski definition) is 1. The van der Waals surface area contributed by atoms with Gasteiger partial charge in [0.15, 0.2) is 0 Å². The van der Waals surface area contributed by atoms with Crippen LogP contribution in [-0.4, -0.2) is 14.5 Å². The third-order valence-corrected chi connectivity index (χ3v) is 5.12. The lowest BCUT2D eigenvalue weighted by atomic mass is 10.0. The predicted octanol–water partition coefficient (Wildman–Crippen LogP) is 4.34. The normalized spacial score (nSPS) is 12.4. The highest BCUT2D eigenvalue weighted by atomic mass is 32.2. The molecule has 2 aromatic rings. The van der Waals surface area contributed by atoms with E-state index in [2.05, 4.69) is 0 Å². The summed E-state index contributed by atoms with van der Waals surface area (Å²) in [6, 6.07) is 15.6. The molecule has 0 aromatic heterocycles. The second-order valence-corrected chi connectivity index (χ2v) is 7.55. The number of hydrogen-bond acceptors (Lipinski definition) is 4. The fraction of sp³-hybridized carbons (Fsp3) is 0.316. The van der Waals surface area contributed by atoms with Crippen LogP contribution in [0, 0.1) is 6.92 Å². The first-order chi connectivity index (χ1) is 11.9. The van der Waals surface area contributed by atoms with E-state index in [1.165, 1.54) is 12.1 Å². The molecular formula is C19H23NO4S. The molecule has 0 heterocycles. The summed E-state index contributed by atoms with van der Waals surface area (Å²) in [6.07, 6.45) is 1.02. The van der Waals surface area contributed by atoms with Crippen LogP contribution < -0.4 is 4.72 Å². The molecule has 0 aliphatic heterocycles. The third-order valence-electron chi connectivity index (χ3n) is 3.79. The molecule has 5 nitrogen and oxygen atoms in total. The summed E-state index contributed by atoms with van der Waals surface area (Å²) in [5, 5.41) is 0. The smallest absolute Gasteiger partial charge is 0.421 e. The van der Waals surface area contributed by atoms with Crippen molar-refractivity contribution in [1.29, 1.82) is 0 Å². The van der Waals surface area contributed by atoms with Gasteiger partial charge >= 0.3 is 6.09 Å². The van der Waals surface area contributed by atoms with Crippen molar-refractivity contribution >= 4 is 16.1 Å². The summed E-state index contributed by atoms with van der Waals surface area (Å²) < 4.78 is 31.9. The number of carbonyl (C=O) groups is 1. The average Bonchev–Trinajstić information content (AvgIpc) is 2.59. The first-order valence-corrected chi connectivity index (χ1v) is 9.75. The summed E-state index contributed by atoms with van der Waals surface area (Å²) in [5.74, 6) is 0. The molecule has 134 valence electrons. The van der Waals surface area contributed by atoms with Crippen LogP contribution in [0.25, 0.3) is 0 Å². The van der Waals surface area contributed by atoms with E-state index in [0.717, 1.165) is 24.0 Å². The van der Waals surface area contributed by atoms with Gasteiger partial charge in [-0.1, -0.05) is 61.4 Å². The van der Waals surface area contributed by atoms with Crippen molar-refractivity contribution in [3.8, 4) is 0 Å². The fourth-order valence-electron chi connectivity index (χ4n) is 2.39. The Kier molecular flexibility index (Phi) is 6.58. The zero-order chi connectivity index (χ0) is 18.3. The minimum atomic E-state index is -3.95. The monoisotopic (exact) mass is 361 g/mol. The molecule has 1 amide bonds. The molecule has 2 rings (SSSR count). The topological polar surface area (TPSA) is 72.5 Å². The van der Waals surface area contributed by atoms with Crippen LogP contribution in [0.15, 0.2) is 59.5 Å². The number of benzene rings is 2. The molecule has 0 bridgehead atoms. The van der Waals surface area contributed by atoms with Crippen LogP contribution in [0.4, 0.5) is 4.79 Å². The van der Waals surface area contributed by atoms with Gasteiger partial charge < -0.3 is 4.74 Å². The Morgan fingerprint density at radius 3 is 2.32 bits per heavy atom. The molecule has 1 unspecified atom stereocenters. The van der Waals surface area contributed by atoms with E-state index in [1.807, 2.05) is 48.9 Å². The highest BCUT2D eigenvalue weighted by Gasteiger charge is 2.22. The van der Waals surface area contributed by atoms with Gasteiger partial charge in [-0.25, -0.2) is 17.9 Å². The maximum atomic E-state index is 12.3. The van der Waals surface area contributed by atoms with Crippen LogP contribution in [0.3, 0.4) is 0 Å². The summed E-state index contributed by atoms with van der Waals surface area (Å²) in [4.78, 5) is 12.2. The van der Waals surface area contributed by atoms with Crippen LogP contribution in [0.1, 0.15) is 43.4 Å². The Bertz CT molecular complexity index is 786. The predicted molar refractivity (Wildman–Crippen MR) is 96.7 cm³/mol. The van der Waals surface area contributed by atoms with E-state index in [4.69, 9.17) is 4.74 Å². The molecule has 0 saturated carbocycles. The van der Waals surface area contributed by atoms with Crippen LogP contribution in [-0.2, 0) is 14.8 Å². The summed E-state index contributed by atoms with van der Waals surface area (Å²) in [7, 11) is -3.95. The van der Waals surface area contributed by atoms with E-state index in [0.29, 0.717) is 6.42 Å². The van der Waals surface area contributed by atoms with Gasteiger partial charge in [-0.15, -0.1) is 0 Å². The fourth-order valence-corrected chi connectivity index (χ4v) is 3.27. The first-order valence-electron chi connectivity index (χ1n) is 8.27. The molecule has 0 spiro atoms. The molecule has 0 fully saturated rings. The van der Waals surface area contributed by atoms with Crippen molar-refractivity contribution in [3.05, 3.63) is 65.7 Å². The molecule has 0 radical (unpaired) electrons. The number of ether oxygens (including phenoxy) is 1. The lowest BCUT2D eigenvalue weighted by molar-refractivity contribution is 0.0962. The zero-order valence-corrected chi connectivity index (χ0v) is 15.3. The Labute approximate surface area is 149 Å². The molecule has 1 atom stereocenters. The standard InChI is InChI=1S/C19H23NO4S/c1-3-4-10-18(16-8-6-5-7-9-16)24-19(21)20-25(22,23)17-13-11-15(2)12-14-17/h5-9,11-14,18H,3-4,10H2,1-2H3,(H,20,21). The number of rotatable bonds is 7. The van der Waals surface area contributed by atoms with E-state index in [-0.39, 0.29) is 4.90 Å². The molecule has 2 aromatic carbocycles. The van der Waals surface area contributed by atoms with Gasteiger partial charge in [-0.2, -0.15) is 0 Å². The van der Waals surface area contributed by atoms with E-state index in [9.17, 15) is 13.2 Å². The van der Waals surface area contributed by atoms with Gasteiger partial charge in [0.05, 0.1) is 4.90 Å². The number of sulfonamides is 1. The Morgan fingerprint density at radius 2 is 1.72 bits per heavy atom. The van der Waals surface area contributed by atoms with Crippen LogP contribution in [0.5, 0.6) is 0 Å². The highest BCUT2D eigenvalue weighted by Crippen LogP contribution is 2.23. The third kappa shape index (κ3) is 5.60. The number of nitrogens with one attached hydrogen (secondary N) is 1. The first kappa shape index (κ1) is 19.0. The number of amides is 1.